The first-order valence-corrected chi connectivity index (χ1v) is 3.95. The van der Waals surface area contributed by atoms with Crippen molar-refractivity contribution in [2.45, 2.75) is 31.5 Å². The lowest BCUT2D eigenvalue weighted by molar-refractivity contribution is -0.212. The van der Waals surface area contributed by atoms with Crippen LogP contribution in [-0.4, -0.2) is 52.4 Å². The molecule has 0 bridgehead atoms. The smallest absolute Gasteiger partial charge is 0.217 e. The van der Waals surface area contributed by atoms with Gasteiger partial charge in [0.1, 0.15) is 18.2 Å². The fraction of sp³-hybridized carbons (Fsp3) is 0.857. The fourth-order valence-corrected chi connectivity index (χ4v) is 1.20. The first kappa shape index (κ1) is 10.4. The number of aliphatic hydroxyl groups is 3. The van der Waals surface area contributed by atoms with Crippen LogP contribution in [0.3, 0.4) is 0 Å². The van der Waals surface area contributed by atoms with Gasteiger partial charge in [-0.1, -0.05) is 0 Å². The van der Waals surface area contributed by atoms with Crippen molar-refractivity contribution in [3.63, 3.8) is 0 Å². The molecule has 13 heavy (non-hydrogen) atoms. The van der Waals surface area contributed by atoms with Crippen LogP contribution in [0.1, 0.15) is 6.92 Å². The first-order chi connectivity index (χ1) is 6.02. The van der Waals surface area contributed by atoms with Crippen molar-refractivity contribution in [1.82, 2.24) is 5.32 Å². The van der Waals surface area contributed by atoms with E-state index in [1.807, 2.05) is 0 Å². The molecule has 0 spiro atoms. The summed E-state index contributed by atoms with van der Waals surface area (Å²) in [6.45, 7) is 1.11. The van der Waals surface area contributed by atoms with E-state index >= 15 is 0 Å². The summed E-state index contributed by atoms with van der Waals surface area (Å²) in [7, 11) is 0. The van der Waals surface area contributed by atoms with Crippen LogP contribution in [0.5, 0.6) is 0 Å². The van der Waals surface area contributed by atoms with Gasteiger partial charge in [-0.05, 0) is 0 Å². The molecule has 1 aliphatic heterocycles. The van der Waals surface area contributed by atoms with Gasteiger partial charge in [0.15, 0.2) is 6.29 Å². The third kappa shape index (κ3) is 2.38. The van der Waals surface area contributed by atoms with Gasteiger partial charge in [-0.3, -0.25) is 4.79 Å². The summed E-state index contributed by atoms with van der Waals surface area (Å²) < 4.78 is 4.70. The van der Waals surface area contributed by atoms with Gasteiger partial charge in [0.25, 0.3) is 0 Å². The van der Waals surface area contributed by atoms with Crippen LogP contribution in [0.2, 0.25) is 0 Å². The fourth-order valence-electron chi connectivity index (χ4n) is 1.20. The molecule has 1 saturated heterocycles. The molecule has 1 fully saturated rings. The number of carbonyl (C=O) groups is 1. The summed E-state index contributed by atoms with van der Waals surface area (Å²) in [5.74, 6) is -0.402. The minimum atomic E-state index is -1.28. The topological polar surface area (TPSA) is 99.0 Å². The van der Waals surface area contributed by atoms with E-state index in [2.05, 4.69) is 5.32 Å². The number of hydrogen-bond donors (Lipinski definition) is 4. The summed E-state index contributed by atoms with van der Waals surface area (Å²) in [6, 6.07) is -0.971. The zero-order chi connectivity index (χ0) is 10.0. The van der Waals surface area contributed by atoms with Gasteiger partial charge in [-0.15, -0.1) is 0 Å². The largest absolute Gasteiger partial charge is 0.388 e. The van der Waals surface area contributed by atoms with Crippen molar-refractivity contribution in [3.8, 4) is 0 Å². The van der Waals surface area contributed by atoms with Gasteiger partial charge in [-0.2, -0.15) is 0 Å². The average Bonchev–Trinajstić information content (AvgIpc) is 2.05. The highest BCUT2D eigenvalue weighted by atomic mass is 16.6. The summed E-state index contributed by atoms with van der Waals surface area (Å²) >= 11 is 0. The Kier molecular flexibility index (Phi) is 3.21. The van der Waals surface area contributed by atoms with Crippen LogP contribution < -0.4 is 5.32 Å². The molecule has 1 amide bonds. The van der Waals surface area contributed by atoms with E-state index in [9.17, 15) is 15.0 Å². The molecule has 1 aliphatic rings. The van der Waals surface area contributed by atoms with Crippen LogP contribution in [-0.2, 0) is 9.53 Å². The van der Waals surface area contributed by atoms with Crippen LogP contribution in [0, 0.1) is 0 Å². The highest BCUT2D eigenvalue weighted by Crippen LogP contribution is 2.13. The number of hydrogen-bond acceptors (Lipinski definition) is 5. The lowest BCUT2D eigenvalue weighted by atomic mass is 10.0. The van der Waals surface area contributed by atoms with Gasteiger partial charge in [0.2, 0.25) is 5.91 Å². The van der Waals surface area contributed by atoms with Gasteiger partial charge in [-0.25, -0.2) is 0 Å². The molecule has 76 valence electrons. The van der Waals surface area contributed by atoms with Crippen molar-refractivity contribution in [3.05, 3.63) is 0 Å². The van der Waals surface area contributed by atoms with E-state index in [0.717, 1.165) is 0 Å². The first-order valence-electron chi connectivity index (χ1n) is 3.95. The zero-order valence-electron chi connectivity index (χ0n) is 7.17. The monoisotopic (exact) mass is 191 g/mol. The molecular formula is C7H13NO5. The Labute approximate surface area is 75.1 Å². The van der Waals surface area contributed by atoms with Crippen LogP contribution in [0.25, 0.3) is 0 Å². The lowest BCUT2D eigenvalue weighted by Gasteiger charge is -2.35. The summed E-state index contributed by atoms with van der Waals surface area (Å²) in [4.78, 5) is 10.6. The third-order valence-corrected chi connectivity index (χ3v) is 1.88. The third-order valence-electron chi connectivity index (χ3n) is 1.88. The van der Waals surface area contributed by atoms with Crippen molar-refractivity contribution < 1.29 is 24.9 Å². The minimum Gasteiger partial charge on any atom is -0.388 e. The zero-order valence-corrected chi connectivity index (χ0v) is 7.17. The van der Waals surface area contributed by atoms with Crippen molar-refractivity contribution in [2.24, 2.45) is 0 Å². The average molecular weight is 191 g/mol. The number of rotatable bonds is 1. The number of amides is 1. The molecule has 0 saturated carbocycles. The Bertz CT molecular complexity index is 197. The molecule has 0 aromatic rings. The molecule has 1 rings (SSSR count). The molecule has 0 radical (unpaired) electrons. The molecular weight excluding hydrogens is 178 g/mol. The standard InChI is InChI=1S/C7H13NO5/c1-3(9)8-5-6(11)4(10)2-13-7(5)12/h4-7,10-12H,2H2,1H3,(H,8,9)/t4-,5?,6?,7+/m0/s1. The predicted molar refractivity (Wildman–Crippen MR) is 41.6 cm³/mol. The Balaban J connectivity index is 2.60. The van der Waals surface area contributed by atoms with Gasteiger partial charge < -0.3 is 25.4 Å². The molecule has 4 N–H and O–H groups in total. The number of carbonyl (C=O) groups excluding carboxylic acids is 1. The van der Waals surface area contributed by atoms with E-state index in [1.165, 1.54) is 6.92 Å². The summed E-state index contributed by atoms with van der Waals surface area (Å²) in [5, 5.41) is 30.0. The maximum Gasteiger partial charge on any atom is 0.217 e. The molecule has 2 unspecified atom stereocenters. The lowest BCUT2D eigenvalue weighted by Crippen LogP contribution is -2.60. The van der Waals surface area contributed by atoms with Gasteiger partial charge in [0, 0.05) is 6.92 Å². The second-order valence-corrected chi connectivity index (χ2v) is 3.01. The van der Waals surface area contributed by atoms with E-state index in [0.29, 0.717) is 0 Å². The van der Waals surface area contributed by atoms with Crippen LogP contribution >= 0.6 is 0 Å². The van der Waals surface area contributed by atoms with Gasteiger partial charge >= 0.3 is 0 Å². The van der Waals surface area contributed by atoms with Gasteiger partial charge in [0.05, 0.1) is 6.61 Å². The number of ether oxygens (including phenoxy) is 1. The molecule has 0 aliphatic carbocycles. The molecule has 6 nitrogen and oxygen atoms in total. The van der Waals surface area contributed by atoms with Crippen molar-refractivity contribution in [1.29, 1.82) is 0 Å². The quantitative estimate of drug-likeness (QED) is 0.369. The predicted octanol–water partition coefficient (Wildman–Crippen LogP) is -2.44. The number of aliphatic hydroxyl groups excluding tert-OH is 3. The van der Waals surface area contributed by atoms with Crippen molar-refractivity contribution >= 4 is 5.91 Å². The molecule has 6 heteroatoms. The Morgan fingerprint density at radius 2 is 2.08 bits per heavy atom. The Morgan fingerprint density at radius 1 is 1.46 bits per heavy atom. The van der Waals surface area contributed by atoms with E-state index in [-0.39, 0.29) is 6.61 Å². The summed E-state index contributed by atoms with van der Waals surface area (Å²) in [6.07, 6.45) is -3.56. The Morgan fingerprint density at radius 3 is 2.62 bits per heavy atom. The SMILES string of the molecule is CC(=O)NC1C(O)[C@@H](O)CO[C@H]1O. The summed E-state index contributed by atoms with van der Waals surface area (Å²) in [5.41, 5.74) is 0. The maximum atomic E-state index is 10.6. The molecule has 4 atom stereocenters. The van der Waals surface area contributed by atoms with Crippen LogP contribution in [0.4, 0.5) is 0 Å². The molecule has 0 aromatic carbocycles. The van der Waals surface area contributed by atoms with Crippen molar-refractivity contribution in [2.75, 3.05) is 6.61 Å². The molecule has 1 heterocycles. The maximum absolute atomic E-state index is 10.6. The highest BCUT2D eigenvalue weighted by molar-refractivity contribution is 5.73. The van der Waals surface area contributed by atoms with E-state index in [1.54, 1.807) is 0 Å². The minimum absolute atomic E-state index is 0.140. The van der Waals surface area contributed by atoms with Crippen LogP contribution in [0.15, 0.2) is 0 Å². The second kappa shape index (κ2) is 4.01. The normalized spacial score (nSPS) is 40.0. The molecule has 0 aromatic heterocycles. The Hall–Kier alpha value is -0.690. The number of nitrogens with one attached hydrogen (secondary N) is 1. The van der Waals surface area contributed by atoms with E-state index in [4.69, 9.17) is 9.84 Å². The second-order valence-electron chi connectivity index (χ2n) is 3.01. The van der Waals surface area contributed by atoms with E-state index < -0.39 is 30.4 Å². The highest BCUT2D eigenvalue weighted by Gasteiger charge is 2.38.